The van der Waals surface area contributed by atoms with Crippen LogP contribution in [-0.4, -0.2) is 101 Å². The van der Waals surface area contributed by atoms with Crippen molar-refractivity contribution in [1.82, 2.24) is 24.8 Å². The van der Waals surface area contributed by atoms with E-state index >= 15 is 8.78 Å². The van der Waals surface area contributed by atoms with Crippen LogP contribution in [0, 0.1) is 23.0 Å². The number of carbonyl (C=O) groups is 2. The number of piperazine rings is 1. The van der Waals surface area contributed by atoms with E-state index in [0.29, 0.717) is 49.6 Å². The number of likely N-dealkylation sites (N-methyl/N-ethyl adjacent to an activating group) is 1. The summed E-state index contributed by atoms with van der Waals surface area (Å²) in [6.45, 7) is 13.2. The fraction of sp³-hybridized carbons (Fsp3) is 0.514. The van der Waals surface area contributed by atoms with Crippen molar-refractivity contribution in [2.75, 3.05) is 56.6 Å². The summed E-state index contributed by atoms with van der Waals surface area (Å²) in [6.07, 6.45) is 0.602. The van der Waals surface area contributed by atoms with Gasteiger partial charge in [-0.1, -0.05) is 11.3 Å². The van der Waals surface area contributed by atoms with Gasteiger partial charge in [-0.15, -0.1) is 0 Å². The van der Waals surface area contributed by atoms with Crippen molar-refractivity contribution in [2.24, 2.45) is 0 Å². The van der Waals surface area contributed by atoms with Crippen molar-refractivity contribution < 1.29 is 32.6 Å². The number of ether oxygens (including phenoxy) is 3. The Hall–Kier alpha value is -4.88. The molecule has 16 heteroatoms. The quantitative estimate of drug-likeness (QED) is 0.206. The molecule has 2 aromatic carbocycles. The van der Waals surface area contributed by atoms with Crippen molar-refractivity contribution in [3.63, 3.8) is 0 Å². The van der Waals surface area contributed by atoms with Crippen LogP contribution in [0.4, 0.5) is 29.3 Å². The average Bonchev–Trinajstić information content (AvgIpc) is 3.69. The maximum absolute atomic E-state index is 17.3. The molecule has 13 nitrogen and oxygen atoms in total. The minimum atomic E-state index is -0.778. The zero-order valence-corrected chi connectivity index (χ0v) is 31.8. The SMILES string of the molecule is CN1CCC[C@H]1COc1nc(N2CCN(C(=O)OC(C)(C)C)CC2)c2cc(CC#N)c(-c3ccc(F)c4sc(NC(=O)OC(C)(C)C)nc34)c(F)c2n1. The van der Waals surface area contributed by atoms with Crippen LogP contribution >= 0.6 is 11.3 Å². The summed E-state index contributed by atoms with van der Waals surface area (Å²) in [7, 11) is 2.02. The van der Waals surface area contributed by atoms with Gasteiger partial charge in [0.1, 0.15) is 35.0 Å². The first-order valence-corrected chi connectivity index (χ1v) is 18.4. The van der Waals surface area contributed by atoms with E-state index in [-0.39, 0.29) is 50.5 Å². The van der Waals surface area contributed by atoms with E-state index in [1.807, 2.05) is 32.7 Å². The molecule has 53 heavy (non-hydrogen) atoms. The van der Waals surface area contributed by atoms with Gasteiger partial charge >= 0.3 is 18.2 Å². The minimum Gasteiger partial charge on any atom is -0.462 e. The zero-order valence-electron chi connectivity index (χ0n) is 31.0. The molecule has 0 spiro atoms. The molecule has 4 aromatic rings. The molecular weight excluding hydrogens is 707 g/mol. The van der Waals surface area contributed by atoms with Gasteiger partial charge in [0.05, 0.1) is 22.7 Å². The number of nitrogens with one attached hydrogen (secondary N) is 1. The summed E-state index contributed by atoms with van der Waals surface area (Å²) in [4.78, 5) is 44.9. The van der Waals surface area contributed by atoms with Crippen molar-refractivity contribution in [2.45, 2.75) is 78.0 Å². The van der Waals surface area contributed by atoms with Gasteiger partial charge in [-0.3, -0.25) is 5.32 Å². The molecule has 1 atom stereocenters. The van der Waals surface area contributed by atoms with Crippen molar-refractivity contribution in [3.05, 3.63) is 35.4 Å². The molecule has 0 unspecified atom stereocenters. The van der Waals surface area contributed by atoms with E-state index < -0.39 is 35.0 Å². The molecule has 6 rings (SSSR count). The first kappa shape index (κ1) is 37.9. The predicted octanol–water partition coefficient (Wildman–Crippen LogP) is 7.13. The van der Waals surface area contributed by atoms with Crippen LogP contribution in [0.15, 0.2) is 18.2 Å². The van der Waals surface area contributed by atoms with E-state index in [2.05, 4.69) is 26.3 Å². The Labute approximate surface area is 310 Å². The number of carbonyl (C=O) groups excluding carboxylic acids is 2. The number of likely N-dealkylation sites (tertiary alicyclic amines) is 1. The highest BCUT2D eigenvalue weighted by Gasteiger charge is 2.31. The van der Waals surface area contributed by atoms with Crippen LogP contribution < -0.4 is 15.0 Å². The molecule has 2 saturated heterocycles. The van der Waals surface area contributed by atoms with Gasteiger partial charge in [-0.05, 0) is 91.7 Å². The minimum absolute atomic E-state index is 0.0120. The zero-order chi connectivity index (χ0) is 38.2. The normalized spacial score (nSPS) is 16.9. The Morgan fingerprint density at radius 2 is 1.72 bits per heavy atom. The van der Waals surface area contributed by atoms with Gasteiger partial charge in [-0.2, -0.15) is 15.2 Å². The number of aromatic nitrogens is 3. The highest BCUT2D eigenvalue weighted by atomic mass is 32.1. The summed E-state index contributed by atoms with van der Waals surface area (Å²) in [5.41, 5.74) is -0.797. The van der Waals surface area contributed by atoms with E-state index in [1.54, 1.807) is 31.7 Å². The van der Waals surface area contributed by atoms with E-state index in [4.69, 9.17) is 19.2 Å². The Morgan fingerprint density at radius 1 is 1.00 bits per heavy atom. The Kier molecular flexibility index (Phi) is 10.6. The summed E-state index contributed by atoms with van der Waals surface area (Å²) in [5.74, 6) is -0.960. The van der Waals surface area contributed by atoms with Gasteiger partial charge < -0.3 is 28.9 Å². The summed E-state index contributed by atoms with van der Waals surface area (Å²) < 4.78 is 49.6. The molecule has 0 aliphatic carbocycles. The Bertz CT molecular complexity index is 2080. The second kappa shape index (κ2) is 14.9. The van der Waals surface area contributed by atoms with Gasteiger partial charge in [0, 0.05) is 48.7 Å². The highest BCUT2D eigenvalue weighted by molar-refractivity contribution is 7.22. The molecule has 1 N–H and O–H groups in total. The van der Waals surface area contributed by atoms with Crippen LogP contribution in [0.5, 0.6) is 6.01 Å². The summed E-state index contributed by atoms with van der Waals surface area (Å²) in [6, 6.07) is 6.56. The number of thiazole rings is 1. The van der Waals surface area contributed by atoms with E-state index in [0.717, 1.165) is 30.7 Å². The molecular formula is C37H44F2N8O5S. The second-order valence-electron chi connectivity index (χ2n) is 15.2. The number of nitriles is 1. The lowest BCUT2D eigenvalue weighted by Gasteiger charge is -2.36. The highest BCUT2D eigenvalue weighted by Crippen LogP contribution is 2.42. The monoisotopic (exact) mass is 750 g/mol. The smallest absolute Gasteiger partial charge is 0.413 e. The second-order valence-corrected chi connectivity index (χ2v) is 16.2. The topological polar surface area (TPSA) is 146 Å². The number of benzene rings is 2. The van der Waals surface area contributed by atoms with Crippen LogP contribution in [0.2, 0.25) is 0 Å². The molecule has 0 saturated carbocycles. The van der Waals surface area contributed by atoms with Gasteiger partial charge in [0.25, 0.3) is 0 Å². The number of amides is 2. The number of halogens is 2. The van der Waals surface area contributed by atoms with Crippen molar-refractivity contribution in [3.8, 4) is 23.2 Å². The molecule has 0 radical (unpaired) electrons. The molecule has 2 fully saturated rings. The maximum atomic E-state index is 17.3. The average molecular weight is 751 g/mol. The third-order valence-electron chi connectivity index (χ3n) is 8.92. The largest absolute Gasteiger partial charge is 0.462 e. The van der Waals surface area contributed by atoms with Crippen LogP contribution in [0.3, 0.4) is 0 Å². The van der Waals surface area contributed by atoms with Gasteiger partial charge in [0.15, 0.2) is 10.9 Å². The van der Waals surface area contributed by atoms with E-state index in [1.165, 1.54) is 12.1 Å². The Balaban J connectivity index is 1.44. The predicted molar refractivity (Wildman–Crippen MR) is 198 cm³/mol. The summed E-state index contributed by atoms with van der Waals surface area (Å²) in [5, 5.41) is 12.9. The molecule has 2 aliphatic rings. The molecule has 282 valence electrons. The first-order valence-electron chi connectivity index (χ1n) is 17.6. The lowest BCUT2D eigenvalue weighted by molar-refractivity contribution is 0.0240. The van der Waals surface area contributed by atoms with Crippen LogP contribution in [-0.2, 0) is 15.9 Å². The standard InChI is InChI=1S/C37H44F2N8O5S/c1-36(2,3)51-34(48)44-33-42-29-23(10-11-25(38)30(29)53-33)26-21(12-13-40)19-24-28(27(26)39)41-32(50-20-22-9-8-14-45(22)7)43-31(24)46-15-17-47(18-16-46)35(49)52-37(4,5)6/h10-11,19,22H,8-9,12,14-18,20H2,1-7H3,(H,42,44,48)/t22-/m0/s1. The Morgan fingerprint density at radius 3 is 2.36 bits per heavy atom. The maximum Gasteiger partial charge on any atom is 0.413 e. The number of hydrogen-bond acceptors (Lipinski definition) is 12. The first-order chi connectivity index (χ1) is 25.0. The molecule has 0 bridgehead atoms. The molecule has 2 aromatic heterocycles. The van der Waals surface area contributed by atoms with Gasteiger partial charge in [-0.25, -0.2) is 23.4 Å². The molecule has 2 amide bonds. The fourth-order valence-electron chi connectivity index (χ4n) is 6.47. The lowest BCUT2D eigenvalue weighted by atomic mass is 9.94. The van der Waals surface area contributed by atoms with Crippen LogP contribution in [0.25, 0.3) is 32.2 Å². The lowest BCUT2D eigenvalue weighted by Crippen LogP contribution is -2.50. The fourth-order valence-corrected chi connectivity index (χ4v) is 7.36. The molecule has 2 aliphatic heterocycles. The number of hydrogen-bond donors (Lipinski definition) is 1. The third kappa shape index (κ3) is 8.52. The number of fused-ring (bicyclic) bond motifs is 2. The summed E-state index contributed by atoms with van der Waals surface area (Å²) >= 11 is 0.884. The number of anilines is 2. The number of rotatable bonds is 7. The third-order valence-corrected chi connectivity index (χ3v) is 9.90. The molecule has 4 heterocycles. The van der Waals surface area contributed by atoms with Crippen LogP contribution in [0.1, 0.15) is 59.9 Å². The van der Waals surface area contributed by atoms with Crippen molar-refractivity contribution >= 4 is 55.6 Å². The van der Waals surface area contributed by atoms with Gasteiger partial charge in [0.2, 0.25) is 0 Å². The van der Waals surface area contributed by atoms with Crippen molar-refractivity contribution in [1.29, 1.82) is 5.26 Å². The van der Waals surface area contributed by atoms with E-state index in [9.17, 15) is 14.9 Å². The number of nitrogens with zero attached hydrogens (tertiary/aromatic N) is 7.